The molecule has 0 radical (unpaired) electrons. The number of imidazole rings is 1. The first-order chi connectivity index (χ1) is 8.81. The van der Waals surface area contributed by atoms with Crippen molar-refractivity contribution >= 4 is 5.95 Å². The van der Waals surface area contributed by atoms with Gasteiger partial charge in [0.2, 0.25) is 5.95 Å². The normalized spacial score (nSPS) is 10.1. The monoisotopic (exact) mass is 250 g/mol. The summed E-state index contributed by atoms with van der Waals surface area (Å²) in [6.07, 6.45) is 5.36. The molecule has 0 aliphatic heterocycles. The lowest BCUT2D eigenvalue weighted by Gasteiger charge is -2.07. The van der Waals surface area contributed by atoms with Gasteiger partial charge < -0.3 is 19.4 Å². The summed E-state index contributed by atoms with van der Waals surface area (Å²) in [6, 6.07) is 0.430. The third-order valence-electron chi connectivity index (χ3n) is 2.17. The van der Waals surface area contributed by atoms with Crippen LogP contribution in [0.4, 0.5) is 5.95 Å². The number of ether oxygens (including phenoxy) is 2. The average molecular weight is 250 g/mol. The van der Waals surface area contributed by atoms with Crippen molar-refractivity contribution in [1.29, 1.82) is 0 Å². The molecule has 0 bridgehead atoms. The van der Waals surface area contributed by atoms with E-state index in [1.165, 1.54) is 14.2 Å². The standard InChI is InChI=1S/C10H14N6O2/c1-17-9-13-8(14-10(15-9)18-2)12-4-6-16-5-3-11-7-16/h3,5,7H,4,6H2,1-2H3,(H,12,13,14,15). The van der Waals surface area contributed by atoms with Crippen molar-refractivity contribution in [3.05, 3.63) is 18.7 Å². The van der Waals surface area contributed by atoms with Crippen LogP contribution in [0.5, 0.6) is 12.0 Å². The van der Waals surface area contributed by atoms with Crippen LogP contribution in [0.1, 0.15) is 0 Å². The summed E-state index contributed by atoms with van der Waals surface area (Å²) in [5.41, 5.74) is 0. The SMILES string of the molecule is COc1nc(NCCn2ccnc2)nc(OC)n1. The number of anilines is 1. The lowest BCUT2D eigenvalue weighted by atomic mass is 10.6. The van der Waals surface area contributed by atoms with Gasteiger partial charge in [0.1, 0.15) is 0 Å². The Hall–Kier alpha value is -2.38. The molecule has 8 nitrogen and oxygen atoms in total. The Kier molecular flexibility index (Phi) is 3.90. The van der Waals surface area contributed by atoms with Crippen molar-refractivity contribution in [1.82, 2.24) is 24.5 Å². The molecule has 0 spiro atoms. The Morgan fingerprint density at radius 3 is 2.44 bits per heavy atom. The van der Waals surface area contributed by atoms with Gasteiger partial charge in [-0.1, -0.05) is 0 Å². The second-order valence-corrected chi connectivity index (χ2v) is 3.36. The lowest BCUT2D eigenvalue weighted by molar-refractivity contribution is 0.341. The molecule has 2 aromatic heterocycles. The Morgan fingerprint density at radius 1 is 1.17 bits per heavy atom. The minimum absolute atomic E-state index is 0.215. The summed E-state index contributed by atoms with van der Waals surface area (Å²) in [5, 5.41) is 3.06. The van der Waals surface area contributed by atoms with Crippen LogP contribution in [0.15, 0.2) is 18.7 Å². The molecule has 2 heterocycles. The molecule has 2 rings (SSSR count). The molecule has 0 unspecified atom stereocenters. The first-order valence-electron chi connectivity index (χ1n) is 5.35. The lowest BCUT2D eigenvalue weighted by Crippen LogP contribution is -2.12. The summed E-state index contributed by atoms with van der Waals surface area (Å²) >= 11 is 0. The number of rotatable bonds is 6. The highest BCUT2D eigenvalue weighted by atomic mass is 16.5. The summed E-state index contributed by atoms with van der Waals surface area (Å²) in [5.74, 6) is 0.416. The fraction of sp³-hybridized carbons (Fsp3) is 0.400. The van der Waals surface area contributed by atoms with E-state index in [2.05, 4.69) is 25.3 Å². The van der Waals surface area contributed by atoms with Crippen LogP contribution in [0.3, 0.4) is 0 Å². The molecule has 0 amide bonds. The molecule has 0 aromatic carbocycles. The van der Waals surface area contributed by atoms with Gasteiger partial charge in [-0.3, -0.25) is 0 Å². The molecule has 0 saturated heterocycles. The molecule has 0 aliphatic rings. The molecule has 8 heteroatoms. The van der Waals surface area contributed by atoms with Crippen molar-refractivity contribution in [2.75, 3.05) is 26.1 Å². The van der Waals surface area contributed by atoms with E-state index in [1.807, 2.05) is 10.8 Å². The molecule has 0 atom stereocenters. The van der Waals surface area contributed by atoms with E-state index in [-0.39, 0.29) is 12.0 Å². The Morgan fingerprint density at radius 2 is 1.89 bits per heavy atom. The molecule has 1 N–H and O–H groups in total. The molecule has 18 heavy (non-hydrogen) atoms. The molecule has 2 aromatic rings. The first-order valence-corrected chi connectivity index (χ1v) is 5.35. The fourth-order valence-corrected chi connectivity index (χ4v) is 1.32. The predicted octanol–water partition coefficient (Wildman–Crippen LogP) is 0.197. The minimum Gasteiger partial charge on any atom is -0.467 e. The van der Waals surface area contributed by atoms with E-state index >= 15 is 0 Å². The molecular weight excluding hydrogens is 236 g/mol. The van der Waals surface area contributed by atoms with E-state index in [0.717, 1.165) is 6.54 Å². The number of hydrogen-bond acceptors (Lipinski definition) is 7. The van der Waals surface area contributed by atoms with Gasteiger partial charge in [0.25, 0.3) is 0 Å². The van der Waals surface area contributed by atoms with Crippen LogP contribution >= 0.6 is 0 Å². The zero-order valence-electron chi connectivity index (χ0n) is 10.2. The maximum absolute atomic E-state index is 4.95. The summed E-state index contributed by atoms with van der Waals surface area (Å²) in [7, 11) is 2.98. The second-order valence-electron chi connectivity index (χ2n) is 3.36. The minimum atomic E-state index is 0.215. The third-order valence-corrected chi connectivity index (χ3v) is 2.17. The van der Waals surface area contributed by atoms with Gasteiger partial charge in [-0.25, -0.2) is 4.98 Å². The van der Waals surface area contributed by atoms with Crippen LogP contribution in [0.2, 0.25) is 0 Å². The summed E-state index contributed by atoms with van der Waals surface area (Å²) < 4.78 is 11.9. The largest absolute Gasteiger partial charge is 0.467 e. The van der Waals surface area contributed by atoms with Crippen LogP contribution in [-0.2, 0) is 6.54 Å². The topological polar surface area (TPSA) is 87.0 Å². The van der Waals surface area contributed by atoms with Crippen molar-refractivity contribution < 1.29 is 9.47 Å². The van der Waals surface area contributed by atoms with Gasteiger partial charge in [-0.15, -0.1) is 4.98 Å². The maximum atomic E-state index is 4.95. The molecule has 0 saturated carbocycles. The quantitative estimate of drug-likeness (QED) is 0.783. The summed E-state index contributed by atoms with van der Waals surface area (Å²) in [4.78, 5) is 16.0. The molecule has 96 valence electrons. The van der Waals surface area contributed by atoms with Crippen LogP contribution in [-0.4, -0.2) is 45.3 Å². The maximum Gasteiger partial charge on any atom is 0.324 e. The smallest absolute Gasteiger partial charge is 0.324 e. The van der Waals surface area contributed by atoms with Crippen molar-refractivity contribution in [2.24, 2.45) is 0 Å². The van der Waals surface area contributed by atoms with Gasteiger partial charge in [0.15, 0.2) is 0 Å². The zero-order valence-corrected chi connectivity index (χ0v) is 10.2. The third kappa shape index (κ3) is 3.06. The van der Waals surface area contributed by atoms with Crippen LogP contribution in [0.25, 0.3) is 0 Å². The molecule has 0 fully saturated rings. The van der Waals surface area contributed by atoms with Crippen LogP contribution in [0, 0.1) is 0 Å². The Balaban J connectivity index is 1.95. The van der Waals surface area contributed by atoms with Gasteiger partial charge in [-0.05, 0) is 0 Å². The van der Waals surface area contributed by atoms with E-state index in [0.29, 0.717) is 12.5 Å². The summed E-state index contributed by atoms with van der Waals surface area (Å²) in [6.45, 7) is 1.42. The first kappa shape index (κ1) is 12.1. The second kappa shape index (κ2) is 5.80. The van der Waals surface area contributed by atoms with E-state index in [1.54, 1.807) is 12.5 Å². The molecule has 0 aliphatic carbocycles. The van der Waals surface area contributed by atoms with Gasteiger partial charge >= 0.3 is 12.0 Å². The Bertz CT molecular complexity index is 465. The van der Waals surface area contributed by atoms with Crippen LogP contribution < -0.4 is 14.8 Å². The highest BCUT2D eigenvalue weighted by molar-refractivity contribution is 5.27. The highest BCUT2D eigenvalue weighted by Crippen LogP contribution is 2.11. The Labute approximate surface area is 104 Å². The van der Waals surface area contributed by atoms with Gasteiger partial charge in [-0.2, -0.15) is 9.97 Å². The number of hydrogen-bond donors (Lipinski definition) is 1. The number of aromatic nitrogens is 5. The number of nitrogens with one attached hydrogen (secondary N) is 1. The van der Waals surface area contributed by atoms with E-state index in [4.69, 9.17) is 9.47 Å². The number of methoxy groups -OCH3 is 2. The predicted molar refractivity (Wildman–Crippen MR) is 63.6 cm³/mol. The average Bonchev–Trinajstić information content (AvgIpc) is 2.91. The fourth-order valence-electron chi connectivity index (χ4n) is 1.32. The molecular formula is C10H14N6O2. The zero-order chi connectivity index (χ0) is 12.8. The van der Waals surface area contributed by atoms with E-state index < -0.39 is 0 Å². The van der Waals surface area contributed by atoms with Gasteiger partial charge in [0, 0.05) is 25.5 Å². The van der Waals surface area contributed by atoms with Crippen molar-refractivity contribution in [3.8, 4) is 12.0 Å². The van der Waals surface area contributed by atoms with Crippen molar-refractivity contribution in [3.63, 3.8) is 0 Å². The van der Waals surface area contributed by atoms with Gasteiger partial charge in [0.05, 0.1) is 20.5 Å². The van der Waals surface area contributed by atoms with Crippen molar-refractivity contribution in [2.45, 2.75) is 6.54 Å². The highest BCUT2D eigenvalue weighted by Gasteiger charge is 2.06. The van der Waals surface area contributed by atoms with E-state index in [9.17, 15) is 0 Å². The number of nitrogens with zero attached hydrogens (tertiary/aromatic N) is 5.